The Morgan fingerprint density at radius 3 is 2.96 bits per heavy atom. The number of para-hydroxylation sites is 1. The summed E-state index contributed by atoms with van der Waals surface area (Å²) < 4.78 is 5.60. The van der Waals surface area contributed by atoms with Gasteiger partial charge in [-0.15, -0.1) is 0 Å². The van der Waals surface area contributed by atoms with Crippen molar-refractivity contribution in [2.24, 2.45) is 0 Å². The van der Waals surface area contributed by atoms with Gasteiger partial charge in [-0.25, -0.2) is 4.98 Å². The Kier molecular flexibility index (Phi) is 4.64. The number of amides is 1. The van der Waals surface area contributed by atoms with Crippen LogP contribution >= 0.6 is 0 Å². The van der Waals surface area contributed by atoms with E-state index in [1.54, 1.807) is 13.8 Å². The van der Waals surface area contributed by atoms with Gasteiger partial charge in [0.05, 0.1) is 12.6 Å². The van der Waals surface area contributed by atoms with Gasteiger partial charge < -0.3 is 15.0 Å². The molecule has 1 unspecified atom stereocenters. The molecule has 2 N–H and O–H groups in total. The molecular weight excluding hydrogens is 306 g/mol. The normalized spacial score (nSPS) is 16.2. The number of nitrogens with one attached hydrogen (secondary N) is 2. The highest BCUT2D eigenvalue weighted by molar-refractivity contribution is 5.77. The Morgan fingerprint density at radius 1 is 1.38 bits per heavy atom. The van der Waals surface area contributed by atoms with Crippen LogP contribution in [0.4, 0.5) is 0 Å². The quantitative estimate of drug-likeness (QED) is 0.899. The Hall–Kier alpha value is -2.63. The van der Waals surface area contributed by atoms with E-state index in [1.807, 2.05) is 24.3 Å². The molecule has 0 aliphatic carbocycles. The van der Waals surface area contributed by atoms with Crippen molar-refractivity contribution < 1.29 is 9.53 Å². The second kappa shape index (κ2) is 6.86. The van der Waals surface area contributed by atoms with Crippen molar-refractivity contribution in [3.05, 3.63) is 57.3 Å². The molecule has 1 amide bonds. The lowest BCUT2D eigenvalue weighted by Gasteiger charge is -2.26. The molecule has 2 aromatic rings. The summed E-state index contributed by atoms with van der Waals surface area (Å²) >= 11 is 0. The molecular formula is C18H21N3O3. The van der Waals surface area contributed by atoms with Gasteiger partial charge in [0, 0.05) is 29.7 Å². The van der Waals surface area contributed by atoms with E-state index in [0.29, 0.717) is 30.1 Å². The predicted molar refractivity (Wildman–Crippen MR) is 90.1 cm³/mol. The van der Waals surface area contributed by atoms with Gasteiger partial charge in [-0.05, 0) is 26.3 Å². The molecule has 1 aromatic heterocycles. The fraction of sp³-hybridized carbons (Fsp3) is 0.389. The number of hydrogen-bond acceptors (Lipinski definition) is 4. The fourth-order valence-electron chi connectivity index (χ4n) is 3.04. The molecule has 24 heavy (non-hydrogen) atoms. The van der Waals surface area contributed by atoms with E-state index in [4.69, 9.17) is 4.74 Å². The van der Waals surface area contributed by atoms with E-state index in [1.165, 1.54) is 0 Å². The fourth-order valence-corrected chi connectivity index (χ4v) is 3.04. The first kappa shape index (κ1) is 16.2. The largest absolute Gasteiger partial charge is 0.493 e. The number of hydrogen-bond donors (Lipinski definition) is 2. The van der Waals surface area contributed by atoms with Crippen LogP contribution in [0.3, 0.4) is 0 Å². The number of fused-ring (bicyclic) bond motifs is 1. The molecule has 3 rings (SSSR count). The van der Waals surface area contributed by atoms with Crippen molar-refractivity contribution in [1.29, 1.82) is 0 Å². The van der Waals surface area contributed by atoms with E-state index in [-0.39, 0.29) is 23.9 Å². The van der Waals surface area contributed by atoms with Gasteiger partial charge in [0.25, 0.3) is 5.56 Å². The number of aryl methyl sites for hydroxylation is 2. The second-order valence-corrected chi connectivity index (χ2v) is 6.01. The number of rotatable bonds is 4. The molecule has 0 fully saturated rings. The summed E-state index contributed by atoms with van der Waals surface area (Å²) in [4.78, 5) is 31.2. The summed E-state index contributed by atoms with van der Waals surface area (Å²) in [6.07, 6.45) is 1.38. The summed E-state index contributed by atoms with van der Waals surface area (Å²) in [5.74, 6) is 1.34. The maximum atomic E-state index is 12.3. The van der Waals surface area contributed by atoms with Crippen molar-refractivity contribution >= 4 is 5.91 Å². The molecule has 126 valence electrons. The van der Waals surface area contributed by atoms with Gasteiger partial charge >= 0.3 is 0 Å². The van der Waals surface area contributed by atoms with Gasteiger partial charge in [0.1, 0.15) is 11.6 Å². The number of nitrogens with zero attached hydrogens (tertiary/aromatic N) is 1. The number of aromatic nitrogens is 2. The molecule has 0 radical (unpaired) electrons. The molecule has 6 nitrogen and oxygen atoms in total. The maximum Gasteiger partial charge on any atom is 0.254 e. The highest BCUT2D eigenvalue weighted by Crippen LogP contribution is 2.31. The van der Waals surface area contributed by atoms with E-state index in [9.17, 15) is 9.59 Å². The van der Waals surface area contributed by atoms with Crippen molar-refractivity contribution in [3.8, 4) is 5.75 Å². The molecule has 6 heteroatoms. The lowest BCUT2D eigenvalue weighted by Crippen LogP contribution is -2.32. The van der Waals surface area contributed by atoms with Crippen LogP contribution in [0.2, 0.25) is 0 Å². The van der Waals surface area contributed by atoms with Crippen molar-refractivity contribution in [2.75, 3.05) is 6.61 Å². The zero-order valence-electron chi connectivity index (χ0n) is 13.9. The molecule has 0 saturated carbocycles. The topological polar surface area (TPSA) is 84.1 Å². The van der Waals surface area contributed by atoms with Crippen LogP contribution in [-0.4, -0.2) is 22.5 Å². The van der Waals surface area contributed by atoms with Gasteiger partial charge in [-0.1, -0.05) is 18.2 Å². The highest BCUT2D eigenvalue weighted by atomic mass is 16.5. The van der Waals surface area contributed by atoms with Gasteiger partial charge in [0.15, 0.2) is 0 Å². The predicted octanol–water partition coefficient (Wildman–Crippen LogP) is 1.96. The third-order valence-corrected chi connectivity index (χ3v) is 4.24. The third-order valence-electron chi connectivity index (χ3n) is 4.24. The number of benzene rings is 1. The number of carbonyl (C=O) groups excluding carboxylic acids is 1. The van der Waals surface area contributed by atoms with E-state index < -0.39 is 0 Å². The van der Waals surface area contributed by atoms with Gasteiger partial charge in [-0.3, -0.25) is 9.59 Å². The van der Waals surface area contributed by atoms with Crippen molar-refractivity contribution in [3.63, 3.8) is 0 Å². The van der Waals surface area contributed by atoms with Crippen LogP contribution in [0.1, 0.15) is 41.5 Å². The van der Waals surface area contributed by atoms with Crippen LogP contribution in [0, 0.1) is 13.8 Å². The third kappa shape index (κ3) is 3.48. The summed E-state index contributed by atoms with van der Waals surface area (Å²) in [7, 11) is 0. The molecule has 1 atom stereocenters. The Labute approximate surface area is 140 Å². The minimum absolute atomic E-state index is 0.0435. The average Bonchev–Trinajstić information content (AvgIpc) is 2.54. The monoisotopic (exact) mass is 327 g/mol. The zero-order valence-corrected chi connectivity index (χ0v) is 13.9. The van der Waals surface area contributed by atoms with E-state index in [0.717, 1.165) is 17.7 Å². The smallest absolute Gasteiger partial charge is 0.254 e. The molecule has 1 aliphatic rings. The van der Waals surface area contributed by atoms with E-state index in [2.05, 4.69) is 15.3 Å². The van der Waals surface area contributed by atoms with Gasteiger partial charge in [0.2, 0.25) is 5.91 Å². The molecule has 0 bridgehead atoms. The molecule has 1 aliphatic heterocycles. The minimum atomic E-state index is -0.163. The zero-order chi connectivity index (χ0) is 17.1. The first-order chi connectivity index (χ1) is 11.5. The Balaban J connectivity index is 1.64. The summed E-state index contributed by atoms with van der Waals surface area (Å²) in [6.45, 7) is 4.13. The van der Waals surface area contributed by atoms with Gasteiger partial charge in [-0.2, -0.15) is 0 Å². The SMILES string of the molecule is Cc1nc(C)c(CCC(=O)NC2CCOc3ccccc32)c(=O)[nH]1. The molecule has 1 aromatic carbocycles. The molecule has 2 heterocycles. The number of carbonyl (C=O) groups is 1. The highest BCUT2D eigenvalue weighted by Gasteiger charge is 2.22. The average molecular weight is 327 g/mol. The van der Waals surface area contributed by atoms with Crippen molar-refractivity contribution in [2.45, 2.75) is 39.2 Å². The van der Waals surface area contributed by atoms with Crippen LogP contribution < -0.4 is 15.6 Å². The second-order valence-electron chi connectivity index (χ2n) is 6.01. The van der Waals surface area contributed by atoms with Crippen molar-refractivity contribution in [1.82, 2.24) is 15.3 Å². The van der Waals surface area contributed by atoms with Crippen LogP contribution in [0.15, 0.2) is 29.1 Å². The summed E-state index contributed by atoms with van der Waals surface area (Å²) in [5.41, 5.74) is 2.09. The maximum absolute atomic E-state index is 12.3. The van der Waals surface area contributed by atoms with Crippen LogP contribution in [0.25, 0.3) is 0 Å². The Bertz CT molecular complexity index is 813. The molecule has 0 spiro atoms. The summed E-state index contributed by atoms with van der Waals surface area (Å²) in [5, 5.41) is 3.04. The Morgan fingerprint density at radius 2 is 2.17 bits per heavy atom. The first-order valence-electron chi connectivity index (χ1n) is 8.12. The number of aromatic amines is 1. The van der Waals surface area contributed by atoms with Crippen LogP contribution in [0.5, 0.6) is 5.75 Å². The number of H-pyrrole nitrogens is 1. The van der Waals surface area contributed by atoms with E-state index >= 15 is 0 Å². The molecule has 0 saturated heterocycles. The van der Waals surface area contributed by atoms with Crippen LogP contribution in [-0.2, 0) is 11.2 Å². The number of ether oxygens (including phenoxy) is 1. The minimum Gasteiger partial charge on any atom is -0.493 e. The first-order valence-corrected chi connectivity index (χ1v) is 8.12. The summed E-state index contributed by atoms with van der Waals surface area (Å²) in [6, 6.07) is 7.70. The standard InChI is InChI=1S/C18H21N3O3/c1-11-13(18(23)20-12(2)19-11)7-8-17(22)21-15-9-10-24-16-6-4-3-5-14(15)16/h3-6,15H,7-10H2,1-2H3,(H,21,22)(H,19,20,23). The lowest BCUT2D eigenvalue weighted by molar-refractivity contribution is -0.122. The lowest BCUT2D eigenvalue weighted by atomic mass is 10.00.